The minimum atomic E-state index is -0.858. The van der Waals surface area contributed by atoms with Gasteiger partial charge in [-0.1, -0.05) is 42.3 Å². The number of benzene rings is 2. The maximum atomic E-state index is 13.5. The van der Waals surface area contributed by atoms with Crippen molar-refractivity contribution in [3.63, 3.8) is 0 Å². The molecule has 0 fully saturated rings. The van der Waals surface area contributed by atoms with Gasteiger partial charge in [0.25, 0.3) is 0 Å². The molecular formula is C33H37Cl2NO9. The van der Waals surface area contributed by atoms with Crippen molar-refractivity contribution in [2.45, 2.75) is 53.1 Å². The molecule has 10 nitrogen and oxygen atoms in total. The van der Waals surface area contributed by atoms with Crippen LogP contribution in [-0.2, 0) is 19.1 Å². The maximum absolute atomic E-state index is 13.5. The Kier molecular flexibility index (Phi) is 13.3. The van der Waals surface area contributed by atoms with Gasteiger partial charge < -0.3 is 28.4 Å². The SMILES string of the molecule is CCOc1cc(Cl)ccc1C(c1ccc(Cl)cc1OCC)[C@H](C)OC(=O)[C@H](C)CC(=O)c1nccc(OC)c1OCOC(C)=O. The van der Waals surface area contributed by atoms with Crippen molar-refractivity contribution in [3.05, 3.63) is 75.5 Å². The van der Waals surface area contributed by atoms with Gasteiger partial charge in [-0.15, -0.1) is 0 Å². The monoisotopic (exact) mass is 661 g/mol. The van der Waals surface area contributed by atoms with Gasteiger partial charge in [0.1, 0.15) is 17.6 Å². The van der Waals surface area contributed by atoms with E-state index in [1.54, 1.807) is 38.1 Å². The predicted molar refractivity (Wildman–Crippen MR) is 169 cm³/mol. The van der Waals surface area contributed by atoms with Gasteiger partial charge in [0.05, 0.1) is 32.2 Å². The summed E-state index contributed by atoms with van der Waals surface area (Å²) in [5.41, 5.74) is 1.38. The second-order valence-corrected chi connectivity index (χ2v) is 10.8. The van der Waals surface area contributed by atoms with Gasteiger partial charge >= 0.3 is 11.9 Å². The molecule has 1 heterocycles. The molecule has 0 saturated carbocycles. The number of methoxy groups -OCH3 is 1. The fourth-order valence-electron chi connectivity index (χ4n) is 4.69. The Morgan fingerprint density at radius 1 is 0.844 bits per heavy atom. The lowest BCUT2D eigenvalue weighted by Gasteiger charge is -2.29. The number of hydrogen-bond acceptors (Lipinski definition) is 10. The molecule has 0 bridgehead atoms. The Balaban J connectivity index is 1.90. The first-order valence-corrected chi connectivity index (χ1v) is 15.1. The second kappa shape index (κ2) is 16.9. The first kappa shape index (κ1) is 35.5. The Hall–Kier alpha value is -4.02. The van der Waals surface area contributed by atoms with Gasteiger partial charge in [0.15, 0.2) is 23.0 Å². The predicted octanol–water partition coefficient (Wildman–Crippen LogP) is 7.07. The lowest BCUT2D eigenvalue weighted by atomic mass is 9.85. The summed E-state index contributed by atoms with van der Waals surface area (Å²) in [5.74, 6) is -1.79. The molecule has 45 heavy (non-hydrogen) atoms. The summed E-state index contributed by atoms with van der Waals surface area (Å²) in [5, 5.41) is 0.974. The van der Waals surface area contributed by atoms with Crippen LogP contribution in [0.1, 0.15) is 68.6 Å². The standard InChI is InChI=1S/C33H37Cl2NO9/c1-7-41-28-16-22(34)9-11-24(28)30(25-12-10-23(35)17-29(25)42-8-2)20(4)45-33(39)19(3)15-26(38)31-32(44-18-43-21(5)37)27(40-6)13-14-36-31/h9-14,16-17,19-20,30H,7-8,15,18H2,1-6H3/t19-,20+/m1/s1. The average Bonchev–Trinajstić information content (AvgIpc) is 2.99. The Morgan fingerprint density at radius 2 is 1.42 bits per heavy atom. The number of ketones is 1. The molecule has 0 amide bonds. The van der Waals surface area contributed by atoms with Crippen LogP contribution in [0.4, 0.5) is 0 Å². The molecule has 0 N–H and O–H groups in total. The molecule has 0 aliphatic rings. The van der Waals surface area contributed by atoms with Crippen molar-refractivity contribution in [2.24, 2.45) is 5.92 Å². The lowest BCUT2D eigenvalue weighted by molar-refractivity contribution is -0.153. The van der Waals surface area contributed by atoms with Crippen molar-refractivity contribution in [3.8, 4) is 23.0 Å². The fraction of sp³-hybridized carbons (Fsp3) is 0.394. The van der Waals surface area contributed by atoms with Crippen molar-refractivity contribution in [1.29, 1.82) is 0 Å². The number of carbonyl (C=O) groups excluding carboxylic acids is 3. The molecule has 0 aliphatic heterocycles. The average molecular weight is 663 g/mol. The Morgan fingerprint density at radius 3 is 1.93 bits per heavy atom. The summed E-state index contributed by atoms with van der Waals surface area (Å²) in [6.07, 6.45) is 0.398. The third-order valence-electron chi connectivity index (χ3n) is 6.70. The molecule has 12 heteroatoms. The van der Waals surface area contributed by atoms with Crippen LogP contribution in [0, 0.1) is 5.92 Å². The van der Waals surface area contributed by atoms with Crippen molar-refractivity contribution >= 4 is 40.9 Å². The van der Waals surface area contributed by atoms with Gasteiger partial charge in [0, 0.05) is 46.8 Å². The molecule has 2 atom stereocenters. The number of Topliss-reactive ketones (excluding diaryl/α,β-unsaturated/α-hetero) is 1. The van der Waals surface area contributed by atoms with Crippen LogP contribution in [0.5, 0.6) is 23.0 Å². The number of rotatable bonds is 16. The molecule has 0 radical (unpaired) electrons. The Labute approximate surface area is 272 Å². The van der Waals surface area contributed by atoms with E-state index in [9.17, 15) is 14.4 Å². The van der Waals surface area contributed by atoms with Crippen LogP contribution in [0.2, 0.25) is 10.0 Å². The van der Waals surface area contributed by atoms with E-state index in [1.165, 1.54) is 26.3 Å². The number of pyridine rings is 1. The van der Waals surface area contributed by atoms with Crippen LogP contribution >= 0.6 is 23.2 Å². The number of ether oxygens (including phenoxy) is 6. The summed E-state index contributed by atoms with van der Waals surface area (Å²) < 4.78 is 33.5. The molecule has 2 aromatic carbocycles. The highest BCUT2D eigenvalue weighted by Gasteiger charge is 2.32. The number of carbonyl (C=O) groups is 3. The van der Waals surface area contributed by atoms with E-state index in [4.69, 9.17) is 51.6 Å². The molecule has 0 spiro atoms. The highest BCUT2D eigenvalue weighted by Crippen LogP contribution is 2.42. The zero-order chi connectivity index (χ0) is 33.1. The van der Waals surface area contributed by atoms with Gasteiger partial charge in [-0.2, -0.15) is 0 Å². The summed E-state index contributed by atoms with van der Waals surface area (Å²) in [6, 6.07) is 12.0. The number of halogens is 2. The van der Waals surface area contributed by atoms with E-state index in [-0.39, 0.29) is 23.6 Å². The molecular weight excluding hydrogens is 625 g/mol. The maximum Gasteiger partial charge on any atom is 0.309 e. The summed E-state index contributed by atoms with van der Waals surface area (Å²) >= 11 is 12.6. The van der Waals surface area contributed by atoms with E-state index < -0.39 is 42.5 Å². The van der Waals surface area contributed by atoms with E-state index in [2.05, 4.69) is 4.98 Å². The van der Waals surface area contributed by atoms with Crippen LogP contribution < -0.4 is 18.9 Å². The molecule has 1 aromatic heterocycles. The third-order valence-corrected chi connectivity index (χ3v) is 7.17. The number of hydrogen-bond donors (Lipinski definition) is 0. The molecule has 3 aromatic rings. The normalized spacial score (nSPS) is 12.2. The number of esters is 2. The Bertz CT molecular complexity index is 1440. The topological polar surface area (TPSA) is 119 Å². The largest absolute Gasteiger partial charge is 0.494 e. The minimum Gasteiger partial charge on any atom is -0.494 e. The van der Waals surface area contributed by atoms with Gasteiger partial charge in [-0.05, 0) is 45.0 Å². The first-order chi connectivity index (χ1) is 21.5. The summed E-state index contributed by atoms with van der Waals surface area (Å²) in [4.78, 5) is 42.1. The molecule has 0 unspecified atom stereocenters. The highest BCUT2D eigenvalue weighted by molar-refractivity contribution is 6.31. The van der Waals surface area contributed by atoms with Crippen LogP contribution in [0.3, 0.4) is 0 Å². The third kappa shape index (κ3) is 9.48. The van der Waals surface area contributed by atoms with E-state index in [1.807, 2.05) is 26.0 Å². The molecule has 242 valence electrons. The summed E-state index contributed by atoms with van der Waals surface area (Å²) in [6.45, 7) is 8.62. The second-order valence-electron chi connectivity index (χ2n) is 9.97. The van der Waals surface area contributed by atoms with Crippen LogP contribution in [0.25, 0.3) is 0 Å². The number of aromatic nitrogens is 1. The zero-order valence-corrected chi connectivity index (χ0v) is 27.6. The van der Waals surface area contributed by atoms with Crippen molar-refractivity contribution in [1.82, 2.24) is 4.98 Å². The summed E-state index contributed by atoms with van der Waals surface area (Å²) in [7, 11) is 1.40. The van der Waals surface area contributed by atoms with Gasteiger partial charge in [-0.3, -0.25) is 14.4 Å². The van der Waals surface area contributed by atoms with Crippen molar-refractivity contribution < 1.29 is 42.8 Å². The zero-order valence-electron chi connectivity index (χ0n) is 26.1. The minimum absolute atomic E-state index is 0.00219. The quantitative estimate of drug-likeness (QED) is 0.0895. The van der Waals surface area contributed by atoms with E-state index in [0.717, 1.165) is 11.1 Å². The first-order valence-electron chi connectivity index (χ1n) is 14.4. The highest BCUT2D eigenvalue weighted by atomic mass is 35.5. The molecule has 0 aliphatic carbocycles. The molecule has 0 saturated heterocycles. The van der Waals surface area contributed by atoms with Gasteiger partial charge in [0.2, 0.25) is 6.79 Å². The fourth-order valence-corrected chi connectivity index (χ4v) is 5.01. The lowest BCUT2D eigenvalue weighted by Crippen LogP contribution is -2.28. The van der Waals surface area contributed by atoms with E-state index >= 15 is 0 Å². The van der Waals surface area contributed by atoms with Crippen molar-refractivity contribution in [2.75, 3.05) is 27.1 Å². The number of nitrogens with zero attached hydrogens (tertiary/aromatic N) is 1. The van der Waals surface area contributed by atoms with E-state index in [0.29, 0.717) is 34.8 Å². The van der Waals surface area contributed by atoms with Crippen LogP contribution in [-0.4, -0.2) is 55.9 Å². The van der Waals surface area contributed by atoms with Gasteiger partial charge in [-0.25, -0.2) is 4.98 Å². The molecule has 3 rings (SSSR count). The van der Waals surface area contributed by atoms with Crippen LogP contribution in [0.15, 0.2) is 48.7 Å². The smallest absolute Gasteiger partial charge is 0.309 e.